The minimum atomic E-state index is 0.705. The van der Waals surface area contributed by atoms with Crippen molar-refractivity contribution >= 4 is 5.57 Å². The normalized spacial score (nSPS) is 11.4. The molecule has 5 aromatic carbocycles. The molecule has 2 heterocycles. The topological polar surface area (TPSA) is 38.7 Å². The van der Waals surface area contributed by atoms with Crippen molar-refractivity contribution in [3.63, 3.8) is 0 Å². The van der Waals surface area contributed by atoms with Gasteiger partial charge in [-0.05, 0) is 77.4 Å². The molecule has 0 atom stereocenters. The zero-order chi connectivity index (χ0) is 31.8. The molecule has 2 aromatic heterocycles. The summed E-state index contributed by atoms with van der Waals surface area (Å²) >= 11 is 0. The molecule has 0 aliphatic heterocycles. The van der Waals surface area contributed by atoms with Crippen LogP contribution in [0.25, 0.3) is 61.7 Å². The molecule has 0 spiro atoms. The van der Waals surface area contributed by atoms with E-state index in [0.29, 0.717) is 5.82 Å². The Morgan fingerprint density at radius 1 is 0.511 bits per heavy atom. The highest BCUT2D eigenvalue weighted by Crippen LogP contribution is 2.32. The SMILES string of the molecule is C/C=C(\CCc1ccccc1)c1cccc(-c2nc(-c3ccc(-c4ccccc4)cc3)cc(-c3cccc(-c4cccnc4)c3)n2)c1. The third kappa shape index (κ3) is 7.00. The summed E-state index contributed by atoms with van der Waals surface area (Å²) in [5.74, 6) is 0.705. The number of rotatable bonds is 9. The number of allylic oxidation sites excluding steroid dienone is 2. The molecule has 3 heteroatoms. The second-order valence-electron chi connectivity index (χ2n) is 11.6. The van der Waals surface area contributed by atoms with Gasteiger partial charge in [0.1, 0.15) is 0 Å². The van der Waals surface area contributed by atoms with Gasteiger partial charge in [-0.2, -0.15) is 0 Å². The Balaban J connectivity index is 1.28. The van der Waals surface area contributed by atoms with Crippen molar-refractivity contribution in [1.29, 1.82) is 0 Å². The van der Waals surface area contributed by atoms with E-state index in [2.05, 4.69) is 158 Å². The Bertz CT molecular complexity index is 2120. The van der Waals surface area contributed by atoms with Gasteiger partial charge in [0.15, 0.2) is 5.82 Å². The minimum absolute atomic E-state index is 0.705. The predicted octanol–water partition coefficient (Wildman–Crippen LogP) is 11.2. The van der Waals surface area contributed by atoms with Crippen LogP contribution in [-0.2, 0) is 6.42 Å². The largest absolute Gasteiger partial charge is 0.264 e. The molecule has 0 bridgehead atoms. The first-order valence-electron chi connectivity index (χ1n) is 16.1. The monoisotopic (exact) mass is 605 g/mol. The van der Waals surface area contributed by atoms with Crippen molar-refractivity contribution in [2.45, 2.75) is 19.8 Å². The molecule has 0 fully saturated rings. The van der Waals surface area contributed by atoms with Crippen LogP contribution in [0.4, 0.5) is 0 Å². The fourth-order valence-electron chi connectivity index (χ4n) is 5.96. The molecule has 0 unspecified atom stereocenters. The molecular weight excluding hydrogens is 571 g/mol. The van der Waals surface area contributed by atoms with E-state index in [9.17, 15) is 0 Å². The van der Waals surface area contributed by atoms with Crippen molar-refractivity contribution in [1.82, 2.24) is 15.0 Å². The van der Waals surface area contributed by atoms with Gasteiger partial charge in [-0.15, -0.1) is 0 Å². The number of nitrogens with zero attached hydrogens (tertiary/aromatic N) is 3. The third-order valence-electron chi connectivity index (χ3n) is 8.53. The Kier molecular flexibility index (Phi) is 8.87. The number of pyridine rings is 1. The van der Waals surface area contributed by atoms with E-state index in [1.165, 1.54) is 27.8 Å². The first kappa shape index (κ1) is 29.8. The highest BCUT2D eigenvalue weighted by atomic mass is 14.9. The van der Waals surface area contributed by atoms with Crippen LogP contribution in [0, 0.1) is 0 Å². The van der Waals surface area contributed by atoms with Gasteiger partial charge in [-0.1, -0.05) is 133 Å². The van der Waals surface area contributed by atoms with Gasteiger partial charge in [0, 0.05) is 34.6 Å². The van der Waals surface area contributed by atoms with Crippen LogP contribution in [0.3, 0.4) is 0 Å². The molecular formula is C44H35N3. The highest BCUT2D eigenvalue weighted by molar-refractivity contribution is 5.77. The van der Waals surface area contributed by atoms with Crippen LogP contribution >= 0.6 is 0 Å². The maximum absolute atomic E-state index is 5.17. The number of hydrogen-bond donors (Lipinski definition) is 0. The summed E-state index contributed by atoms with van der Waals surface area (Å²) in [7, 11) is 0. The second-order valence-corrected chi connectivity index (χ2v) is 11.6. The van der Waals surface area contributed by atoms with Crippen molar-refractivity contribution in [3.8, 4) is 56.2 Å². The molecule has 0 saturated carbocycles. The first-order chi connectivity index (χ1) is 23.2. The Hall–Kier alpha value is -5.93. The number of benzene rings is 5. The summed E-state index contributed by atoms with van der Waals surface area (Å²) in [5.41, 5.74) is 13.2. The summed E-state index contributed by atoms with van der Waals surface area (Å²) in [4.78, 5) is 14.7. The lowest BCUT2D eigenvalue weighted by Gasteiger charge is -2.13. The fraction of sp³-hybridized carbons (Fsp3) is 0.0682. The first-order valence-corrected chi connectivity index (χ1v) is 16.1. The molecule has 0 saturated heterocycles. The van der Waals surface area contributed by atoms with Gasteiger partial charge in [0.2, 0.25) is 0 Å². The van der Waals surface area contributed by atoms with Crippen LogP contribution in [0.2, 0.25) is 0 Å². The second kappa shape index (κ2) is 14.0. The zero-order valence-electron chi connectivity index (χ0n) is 26.4. The summed E-state index contributed by atoms with van der Waals surface area (Å²) in [5, 5.41) is 0. The lowest BCUT2D eigenvalue weighted by atomic mass is 9.96. The molecule has 0 N–H and O–H groups in total. The average molecular weight is 606 g/mol. The zero-order valence-corrected chi connectivity index (χ0v) is 26.4. The lowest BCUT2D eigenvalue weighted by molar-refractivity contribution is 1.01. The lowest BCUT2D eigenvalue weighted by Crippen LogP contribution is -1.97. The quantitative estimate of drug-likeness (QED) is 0.164. The van der Waals surface area contributed by atoms with E-state index in [0.717, 1.165) is 52.0 Å². The van der Waals surface area contributed by atoms with E-state index in [4.69, 9.17) is 9.97 Å². The maximum Gasteiger partial charge on any atom is 0.160 e. The van der Waals surface area contributed by atoms with Gasteiger partial charge in [0.25, 0.3) is 0 Å². The molecule has 0 aliphatic rings. The third-order valence-corrected chi connectivity index (χ3v) is 8.53. The molecule has 47 heavy (non-hydrogen) atoms. The summed E-state index contributed by atoms with van der Waals surface area (Å²) in [6.07, 6.45) is 7.88. The summed E-state index contributed by atoms with van der Waals surface area (Å²) in [6, 6.07) is 53.1. The predicted molar refractivity (Wildman–Crippen MR) is 195 cm³/mol. The van der Waals surface area contributed by atoms with Gasteiger partial charge >= 0.3 is 0 Å². The average Bonchev–Trinajstić information content (AvgIpc) is 3.16. The summed E-state index contributed by atoms with van der Waals surface area (Å²) in [6.45, 7) is 2.12. The maximum atomic E-state index is 5.17. The molecule has 3 nitrogen and oxygen atoms in total. The Morgan fingerprint density at radius 3 is 1.87 bits per heavy atom. The van der Waals surface area contributed by atoms with E-state index < -0.39 is 0 Å². The van der Waals surface area contributed by atoms with Crippen molar-refractivity contribution in [2.24, 2.45) is 0 Å². The Morgan fingerprint density at radius 2 is 1.13 bits per heavy atom. The van der Waals surface area contributed by atoms with Gasteiger partial charge < -0.3 is 0 Å². The van der Waals surface area contributed by atoms with E-state index in [1.54, 1.807) is 6.20 Å². The minimum Gasteiger partial charge on any atom is -0.264 e. The van der Waals surface area contributed by atoms with E-state index >= 15 is 0 Å². The standard InChI is InChI=1S/C44H35N3/c1-2-33(22-21-32-12-5-3-6-13-32)37-16-10-19-40(29-37)44-46-42(36-25-23-35(24-26-36)34-14-7-4-8-15-34)30-43(47-44)39-18-9-17-38(28-39)41-20-11-27-45-31-41/h2-20,23-31H,21-22H2,1H3/b33-2+. The van der Waals surface area contributed by atoms with E-state index in [1.807, 2.05) is 18.3 Å². The van der Waals surface area contributed by atoms with Crippen molar-refractivity contribution in [2.75, 3.05) is 0 Å². The van der Waals surface area contributed by atoms with Gasteiger partial charge in [0.05, 0.1) is 11.4 Å². The van der Waals surface area contributed by atoms with Crippen LogP contribution < -0.4 is 0 Å². The molecule has 0 amide bonds. The summed E-state index contributed by atoms with van der Waals surface area (Å²) < 4.78 is 0. The molecule has 7 rings (SSSR count). The van der Waals surface area contributed by atoms with Crippen LogP contribution in [0.15, 0.2) is 170 Å². The molecule has 7 aromatic rings. The smallest absolute Gasteiger partial charge is 0.160 e. The number of aryl methyl sites for hydroxylation is 1. The van der Waals surface area contributed by atoms with Crippen LogP contribution in [0.1, 0.15) is 24.5 Å². The van der Waals surface area contributed by atoms with Crippen LogP contribution in [-0.4, -0.2) is 15.0 Å². The number of aromatic nitrogens is 3. The fourth-order valence-corrected chi connectivity index (χ4v) is 5.96. The highest BCUT2D eigenvalue weighted by Gasteiger charge is 2.13. The Labute approximate surface area is 277 Å². The molecule has 226 valence electrons. The van der Waals surface area contributed by atoms with Gasteiger partial charge in [-0.25, -0.2) is 9.97 Å². The molecule has 0 radical (unpaired) electrons. The molecule has 0 aliphatic carbocycles. The van der Waals surface area contributed by atoms with Crippen molar-refractivity contribution < 1.29 is 0 Å². The van der Waals surface area contributed by atoms with Crippen LogP contribution in [0.5, 0.6) is 0 Å². The number of hydrogen-bond acceptors (Lipinski definition) is 3. The van der Waals surface area contributed by atoms with Crippen molar-refractivity contribution in [3.05, 3.63) is 181 Å². The van der Waals surface area contributed by atoms with Gasteiger partial charge in [-0.3, -0.25) is 4.98 Å². The van der Waals surface area contributed by atoms with E-state index in [-0.39, 0.29) is 0 Å².